The average Bonchev–Trinajstić information content (AvgIpc) is 2.93. The number of ether oxygens (including phenoxy) is 3. The van der Waals surface area contributed by atoms with E-state index in [-0.39, 0.29) is 5.76 Å². The molecule has 6 heteroatoms. The Morgan fingerprint density at radius 1 is 1.15 bits per heavy atom. The van der Waals surface area contributed by atoms with E-state index < -0.39 is 12.3 Å². The number of carbonyl (C=O) groups is 1. The Kier molecular flexibility index (Phi) is 4.49. The maximum absolute atomic E-state index is 11.7. The van der Waals surface area contributed by atoms with Gasteiger partial charge in [0, 0.05) is 19.8 Å². The Labute approximate surface area is 116 Å². The zero-order chi connectivity index (χ0) is 14.5. The highest BCUT2D eigenvalue weighted by Gasteiger charge is 2.30. The topological polar surface area (TPSA) is 70.8 Å². The van der Waals surface area contributed by atoms with Crippen molar-refractivity contribution in [3.05, 3.63) is 41.7 Å². The fourth-order valence-corrected chi connectivity index (χ4v) is 1.89. The van der Waals surface area contributed by atoms with Gasteiger partial charge in [-0.05, 0) is 0 Å². The van der Waals surface area contributed by atoms with E-state index in [1.807, 2.05) is 30.3 Å². The van der Waals surface area contributed by atoms with E-state index in [4.69, 9.17) is 14.0 Å². The molecule has 0 N–H and O–H groups in total. The third-order valence-corrected chi connectivity index (χ3v) is 2.81. The summed E-state index contributed by atoms with van der Waals surface area (Å²) in [5, 5.41) is 3.94. The molecule has 1 aromatic heterocycles. The standard InChI is InChI=1S/C14H15NO5/c1-17-13(16)12-10(14(18-2)19-3)11(15-20-12)9-7-5-4-6-8-9/h4-8,14H,1-3H3. The van der Waals surface area contributed by atoms with Gasteiger partial charge in [0.25, 0.3) is 5.76 Å². The van der Waals surface area contributed by atoms with Gasteiger partial charge in [-0.15, -0.1) is 0 Å². The van der Waals surface area contributed by atoms with Crippen LogP contribution >= 0.6 is 0 Å². The lowest BCUT2D eigenvalue weighted by Crippen LogP contribution is -2.11. The molecule has 0 saturated carbocycles. The Morgan fingerprint density at radius 3 is 2.35 bits per heavy atom. The first kappa shape index (κ1) is 14.2. The van der Waals surface area contributed by atoms with Gasteiger partial charge in [0.05, 0.1) is 12.7 Å². The second-order valence-electron chi connectivity index (χ2n) is 3.93. The van der Waals surface area contributed by atoms with Crippen LogP contribution in [0.15, 0.2) is 34.9 Å². The zero-order valence-electron chi connectivity index (χ0n) is 11.5. The van der Waals surface area contributed by atoms with Gasteiger partial charge in [-0.2, -0.15) is 0 Å². The number of carbonyl (C=O) groups excluding carboxylic acids is 1. The first-order chi connectivity index (χ1) is 9.72. The van der Waals surface area contributed by atoms with Gasteiger partial charge in [0.1, 0.15) is 5.69 Å². The van der Waals surface area contributed by atoms with Crippen molar-refractivity contribution in [1.82, 2.24) is 5.16 Å². The third-order valence-electron chi connectivity index (χ3n) is 2.81. The van der Waals surface area contributed by atoms with Gasteiger partial charge in [-0.1, -0.05) is 35.5 Å². The molecule has 0 radical (unpaired) electrons. The highest BCUT2D eigenvalue weighted by atomic mass is 16.7. The van der Waals surface area contributed by atoms with Crippen LogP contribution in [0.25, 0.3) is 11.3 Å². The smallest absolute Gasteiger partial charge is 0.377 e. The summed E-state index contributed by atoms with van der Waals surface area (Å²) in [6, 6.07) is 9.31. The fourth-order valence-electron chi connectivity index (χ4n) is 1.89. The molecule has 0 atom stereocenters. The summed E-state index contributed by atoms with van der Waals surface area (Å²) < 4.78 is 20.2. The van der Waals surface area contributed by atoms with Crippen LogP contribution in [-0.2, 0) is 14.2 Å². The van der Waals surface area contributed by atoms with Crippen molar-refractivity contribution in [2.24, 2.45) is 0 Å². The number of hydrogen-bond acceptors (Lipinski definition) is 6. The number of methoxy groups -OCH3 is 3. The number of hydrogen-bond donors (Lipinski definition) is 0. The van der Waals surface area contributed by atoms with Gasteiger partial charge >= 0.3 is 5.97 Å². The maximum Gasteiger partial charge on any atom is 0.377 e. The number of nitrogens with zero attached hydrogens (tertiary/aromatic N) is 1. The molecule has 106 valence electrons. The molecule has 0 aliphatic heterocycles. The quantitative estimate of drug-likeness (QED) is 0.617. The first-order valence-electron chi connectivity index (χ1n) is 5.91. The summed E-state index contributed by atoms with van der Waals surface area (Å²) in [5.74, 6) is -0.658. The molecule has 0 saturated heterocycles. The second-order valence-corrected chi connectivity index (χ2v) is 3.93. The Hall–Kier alpha value is -2.18. The molecule has 1 aromatic carbocycles. The molecule has 0 amide bonds. The summed E-state index contributed by atoms with van der Waals surface area (Å²) in [7, 11) is 4.21. The largest absolute Gasteiger partial charge is 0.463 e. The van der Waals surface area contributed by atoms with Gasteiger partial charge in [-0.25, -0.2) is 4.79 Å². The minimum absolute atomic E-state index is 0.0277. The van der Waals surface area contributed by atoms with Gasteiger partial charge < -0.3 is 18.7 Å². The fraction of sp³-hybridized carbons (Fsp3) is 0.286. The molecule has 6 nitrogen and oxygen atoms in total. The SMILES string of the molecule is COC(=O)c1onc(-c2ccccc2)c1C(OC)OC. The summed E-state index contributed by atoms with van der Waals surface area (Å²) >= 11 is 0. The predicted octanol–water partition coefficient (Wildman–Crippen LogP) is 2.42. The van der Waals surface area contributed by atoms with E-state index in [0.29, 0.717) is 11.3 Å². The Bertz CT molecular complexity index is 575. The normalized spacial score (nSPS) is 10.8. The minimum Gasteiger partial charge on any atom is -0.463 e. The number of benzene rings is 1. The zero-order valence-corrected chi connectivity index (χ0v) is 11.5. The molecule has 2 aromatic rings. The maximum atomic E-state index is 11.7. The Morgan fingerprint density at radius 2 is 1.80 bits per heavy atom. The van der Waals surface area contributed by atoms with E-state index >= 15 is 0 Å². The number of esters is 1. The molecule has 0 spiro atoms. The summed E-state index contributed by atoms with van der Waals surface area (Å²) in [4.78, 5) is 11.7. The molecule has 2 rings (SSSR count). The van der Waals surface area contributed by atoms with E-state index in [0.717, 1.165) is 5.56 Å². The van der Waals surface area contributed by atoms with Crippen molar-refractivity contribution in [2.45, 2.75) is 6.29 Å². The van der Waals surface area contributed by atoms with Gasteiger partial charge in [0.15, 0.2) is 6.29 Å². The number of rotatable bonds is 5. The van der Waals surface area contributed by atoms with Crippen LogP contribution in [0.1, 0.15) is 22.4 Å². The predicted molar refractivity (Wildman–Crippen MR) is 70.0 cm³/mol. The lowest BCUT2D eigenvalue weighted by molar-refractivity contribution is -0.106. The monoisotopic (exact) mass is 277 g/mol. The summed E-state index contributed by atoms with van der Waals surface area (Å²) in [6.45, 7) is 0. The molecule has 0 fully saturated rings. The van der Waals surface area contributed by atoms with E-state index in [9.17, 15) is 4.79 Å². The van der Waals surface area contributed by atoms with Crippen molar-refractivity contribution in [1.29, 1.82) is 0 Å². The van der Waals surface area contributed by atoms with Gasteiger partial charge in [-0.3, -0.25) is 0 Å². The van der Waals surface area contributed by atoms with Crippen LogP contribution in [0.3, 0.4) is 0 Å². The van der Waals surface area contributed by atoms with E-state index in [1.54, 1.807) is 0 Å². The summed E-state index contributed by atoms with van der Waals surface area (Å²) in [5.41, 5.74) is 1.69. The van der Waals surface area contributed by atoms with Crippen molar-refractivity contribution in [3.8, 4) is 11.3 Å². The molecule has 20 heavy (non-hydrogen) atoms. The van der Waals surface area contributed by atoms with Crippen LogP contribution in [0.2, 0.25) is 0 Å². The minimum atomic E-state index is -0.773. The molecule has 0 bridgehead atoms. The van der Waals surface area contributed by atoms with Crippen molar-refractivity contribution >= 4 is 5.97 Å². The third kappa shape index (κ3) is 2.56. The molecule has 0 aliphatic rings. The molecule has 1 heterocycles. The van der Waals surface area contributed by atoms with Crippen LogP contribution < -0.4 is 0 Å². The lowest BCUT2D eigenvalue weighted by atomic mass is 10.1. The lowest BCUT2D eigenvalue weighted by Gasteiger charge is -2.13. The van der Waals surface area contributed by atoms with Crippen molar-refractivity contribution in [3.63, 3.8) is 0 Å². The van der Waals surface area contributed by atoms with Gasteiger partial charge in [0.2, 0.25) is 0 Å². The second kappa shape index (κ2) is 6.31. The van der Waals surface area contributed by atoms with Crippen LogP contribution in [0.5, 0.6) is 0 Å². The van der Waals surface area contributed by atoms with Crippen molar-refractivity contribution < 1.29 is 23.5 Å². The summed E-state index contributed by atoms with van der Waals surface area (Å²) in [6.07, 6.45) is -0.773. The van der Waals surface area contributed by atoms with Crippen LogP contribution in [0.4, 0.5) is 0 Å². The Balaban J connectivity index is 2.58. The highest BCUT2D eigenvalue weighted by molar-refractivity contribution is 5.90. The molecule has 0 unspecified atom stereocenters. The van der Waals surface area contributed by atoms with Crippen molar-refractivity contribution in [2.75, 3.05) is 21.3 Å². The van der Waals surface area contributed by atoms with Crippen LogP contribution in [-0.4, -0.2) is 32.5 Å². The average molecular weight is 277 g/mol. The molecule has 0 aliphatic carbocycles. The van der Waals surface area contributed by atoms with Crippen LogP contribution in [0, 0.1) is 0 Å². The molecular weight excluding hydrogens is 262 g/mol. The molecular formula is C14H15NO5. The highest BCUT2D eigenvalue weighted by Crippen LogP contribution is 2.32. The first-order valence-corrected chi connectivity index (χ1v) is 5.91. The van der Waals surface area contributed by atoms with E-state index in [2.05, 4.69) is 9.89 Å². The number of aromatic nitrogens is 1. The van der Waals surface area contributed by atoms with E-state index in [1.165, 1.54) is 21.3 Å².